The quantitative estimate of drug-likeness (QED) is 0.605. The Labute approximate surface area is 81.9 Å². The molecule has 1 saturated carbocycles. The van der Waals surface area contributed by atoms with Crippen LogP contribution in [0, 0.1) is 23.2 Å². The molecule has 0 amide bonds. The van der Waals surface area contributed by atoms with Crippen LogP contribution in [0.25, 0.3) is 0 Å². The summed E-state index contributed by atoms with van der Waals surface area (Å²) in [6, 6.07) is 0. The average Bonchev–Trinajstić information content (AvgIpc) is 2.40. The predicted molar refractivity (Wildman–Crippen MR) is 54.6 cm³/mol. The van der Waals surface area contributed by atoms with Gasteiger partial charge in [-0.25, -0.2) is 0 Å². The molecule has 1 nitrogen and oxygen atoms in total. The van der Waals surface area contributed by atoms with E-state index in [1.54, 1.807) is 0 Å². The minimum Gasteiger partial charge on any atom is -0.381 e. The normalized spacial score (nSPS) is 39.5. The monoisotopic (exact) mass is 182 g/mol. The molecule has 76 valence electrons. The van der Waals surface area contributed by atoms with Crippen molar-refractivity contribution >= 4 is 0 Å². The Kier molecular flexibility index (Phi) is 2.39. The van der Waals surface area contributed by atoms with E-state index in [-0.39, 0.29) is 0 Å². The molecule has 3 atom stereocenters. The zero-order valence-electron chi connectivity index (χ0n) is 9.18. The third-order valence-corrected chi connectivity index (χ3v) is 3.50. The molecule has 0 aromatic heterocycles. The fourth-order valence-electron chi connectivity index (χ4n) is 3.15. The van der Waals surface area contributed by atoms with Crippen LogP contribution in [-0.4, -0.2) is 13.2 Å². The fraction of sp³-hybridized carbons (Fsp3) is 1.00. The summed E-state index contributed by atoms with van der Waals surface area (Å²) >= 11 is 0. The zero-order chi connectivity index (χ0) is 9.47. The van der Waals surface area contributed by atoms with Gasteiger partial charge in [0.1, 0.15) is 0 Å². The SMILES string of the molecule is CC(C)(C)CC1C[C@H]2COC[C@H]2C1. The van der Waals surface area contributed by atoms with Crippen LogP contribution in [-0.2, 0) is 4.74 Å². The summed E-state index contributed by atoms with van der Waals surface area (Å²) in [6.45, 7) is 9.17. The summed E-state index contributed by atoms with van der Waals surface area (Å²) in [4.78, 5) is 0. The van der Waals surface area contributed by atoms with Crippen molar-refractivity contribution in [1.29, 1.82) is 0 Å². The standard InChI is InChI=1S/C12H22O/c1-12(2,3)6-9-4-10-7-13-8-11(10)5-9/h9-11H,4-8H2,1-3H3/t9?,10-,11+. The fourth-order valence-corrected chi connectivity index (χ4v) is 3.15. The van der Waals surface area contributed by atoms with E-state index in [0.717, 1.165) is 31.0 Å². The molecule has 1 heterocycles. The van der Waals surface area contributed by atoms with Crippen molar-refractivity contribution in [3.63, 3.8) is 0 Å². The minimum absolute atomic E-state index is 0.518. The molecule has 13 heavy (non-hydrogen) atoms. The molecule has 1 aliphatic carbocycles. The first-order valence-electron chi connectivity index (χ1n) is 5.62. The van der Waals surface area contributed by atoms with Gasteiger partial charge in [-0.3, -0.25) is 0 Å². The first kappa shape index (κ1) is 9.51. The van der Waals surface area contributed by atoms with Crippen LogP contribution in [0.2, 0.25) is 0 Å². The number of fused-ring (bicyclic) bond motifs is 1. The van der Waals surface area contributed by atoms with E-state index in [9.17, 15) is 0 Å². The molecule has 1 aliphatic heterocycles. The minimum atomic E-state index is 0.518. The predicted octanol–water partition coefficient (Wildman–Crippen LogP) is 3.10. The molecule has 0 spiro atoms. The molecular formula is C12H22O. The Balaban J connectivity index is 1.85. The second-order valence-corrected chi connectivity index (χ2v) is 6.16. The van der Waals surface area contributed by atoms with E-state index in [4.69, 9.17) is 4.74 Å². The highest BCUT2D eigenvalue weighted by molar-refractivity contribution is 4.88. The van der Waals surface area contributed by atoms with Crippen molar-refractivity contribution < 1.29 is 4.74 Å². The second-order valence-electron chi connectivity index (χ2n) is 6.16. The van der Waals surface area contributed by atoms with E-state index in [1.807, 2.05) is 0 Å². The van der Waals surface area contributed by atoms with Crippen molar-refractivity contribution in [2.24, 2.45) is 23.2 Å². The largest absolute Gasteiger partial charge is 0.381 e. The van der Waals surface area contributed by atoms with E-state index >= 15 is 0 Å². The Morgan fingerprint density at radius 1 is 1.08 bits per heavy atom. The van der Waals surface area contributed by atoms with Crippen molar-refractivity contribution in [3.05, 3.63) is 0 Å². The van der Waals surface area contributed by atoms with E-state index < -0.39 is 0 Å². The molecule has 2 fully saturated rings. The molecule has 0 bridgehead atoms. The van der Waals surface area contributed by atoms with Gasteiger partial charge in [0.25, 0.3) is 0 Å². The van der Waals surface area contributed by atoms with E-state index in [1.165, 1.54) is 19.3 Å². The maximum Gasteiger partial charge on any atom is 0.0498 e. The van der Waals surface area contributed by atoms with Crippen molar-refractivity contribution in [2.75, 3.05) is 13.2 Å². The molecule has 2 rings (SSSR count). The molecule has 0 radical (unpaired) electrons. The highest BCUT2D eigenvalue weighted by Gasteiger charge is 2.39. The lowest BCUT2D eigenvalue weighted by atomic mass is 9.83. The summed E-state index contributed by atoms with van der Waals surface area (Å²) in [5, 5.41) is 0. The molecular weight excluding hydrogens is 160 g/mol. The smallest absolute Gasteiger partial charge is 0.0498 e. The second kappa shape index (κ2) is 3.27. The van der Waals surface area contributed by atoms with Gasteiger partial charge in [0, 0.05) is 13.2 Å². The first-order chi connectivity index (χ1) is 6.04. The van der Waals surface area contributed by atoms with Crippen LogP contribution >= 0.6 is 0 Å². The summed E-state index contributed by atoms with van der Waals surface area (Å²) in [5.41, 5.74) is 0.518. The summed E-state index contributed by atoms with van der Waals surface area (Å²) in [6.07, 6.45) is 4.27. The van der Waals surface area contributed by atoms with Gasteiger partial charge in [-0.2, -0.15) is 0 Å². The lowest BCUT2D eigenvalue weighted by molar-refractivity contribution is 0.160. The van der Waals surface area contributed by atoms with Crippen molar-refractivity contribution in [2.45, 2.75) is 40.0 Å². The first-order valence-corrected chi connectivity index (χ1v) is 5.62. The van der Waals surface area contributed by atoms with Gasteiger partial charge in [0.15, 0.2) is 0 Å². The topological polar surface area (TPSA) is 9.23 Å². The third kappa shape index (κ3) is 2.25. The highest BCUT2D eigenvalue weighted by atomic mass is 16.5. The number of ether oxygens (including phenoxy) is 1. The maximum atomic E-state index is 5.49. The van der Waals surface area contributed by atoms with Gasteiger partial charge in [0.05, 0.1) is 0 Å². The average molecular weight is 182 g/mol. The highest BCUT2D eigenvalue weighted by Crippen LogP contribution is 2.44. The van der Waals surface area contributed by atoms with Gasteiger partial charge in [0.2, 0.25) is 0 Å². The Morgan fingerprint density at radius 2 is 1.62 bits per heavy atom. The summed E-state index contributed by atoms with van der Waals surface area (Å²) in [7, 11) is 0. The summed E-state index contributed by atoms with van der Waals surface area (Å²) < 4.78 is 5.49. The number of hydrogen-bond donors (Lipinski definition) is 0. The van der Waals surface area contributed by atoms with Gasteiger partial charge >= 0.3 is 0 Å². The van der Waals surface area contributed by atoms with Crippen LogP contribution in [0.5, 0.6) is 0 Å². The van der Waals surface area contributed by atoms with Crippen LogP contribution in [0.15, 0.2) is 0 Å². The Bertz CT molecular complexity index is 168. The zero-order valence-corrected chi connectivity index (χ0v) is 9.18. The van der Waals surface area contributed by atoms with Gasteiger partial charge in [-0.1, -0.05) is 20.8 Å². The van der Waals surface area contributed by atoms with Crippen molar-refractivity contribution in [3.8, 4) is 0 Å². The molecule has 1 saturated heterocycles. The van der Waals surface area contributed by atoms with E-state index in [2.05, 4.69) is 20.8 Å². The number of hydrogen-bond acceptors (Lipinski definition) is 1. The Hall–Kier alpha value is -0.0400. The third-order valence-electron chi connectivity index (χ3n) is 3.50. The molecule has 0 N–H and O–H groups in total. The Morgan fingerprint density at radius 3 is 2.08 bits per heavy atom. The van der Waals surface area contributed by atoms with Gasteiger partial charge in [-0.15, -0.1) is 0 Å². The van der Waals surface area contributed by atoms with Crippen LogP contribution in [0.4, 0.5) is 0 Å². The molecule has 0 aromatic rings. The maximum absolute atomic E-state index is 5.49. The van der Waals surface area contributed by atoms with Gasteiger partial charge < -0.3 is 4.74 Å². The molecule has 0 aromatic carbocycles. The van der Waals surface area contributed by atoms with Crippen molar-refractivity contribution in [1.82, 2.24) is 0 Å². The molecule has 1 heteroatoms. The number of rotatable bonds is 1. The van der Waals surface area contributed by atoms with Crippen LogP contribution in [0.3, 0.4) is 0 Å². The lowest BCUT2D eigenvalue weighted by Gasteiger charge is -2.23. The molecule has 2 aliphatic rings. The van der Waals surface area contributed by atoms with Gasteiger partial charge in [-0.05, 0) is 42.4 Å². The van der Waals surface area contributed by atoms with Crippen LogP contribution in [0.1, 0.15) is 40.0 Å². The lowest BCUT2D eigenvalue weighted by Crippen LogP contribution is -2.12. The summed E-state index contributed by atoms with van der Waals surface area (Å²) in [5.74, 6) is 2.80. The van der Waals surface area contributed by atoms with E-state index in [0.29, 0.717) is 5.41 Å². The molecule has 1 unspecified atom stereocenters. The van der Waals surface area contributed by atoms with Crippen LogP contribution < -0.4 is 0 Å².